The molecule has 0 unspecified atom stereocenters. The lowest BCUT2D eigenvalue weighted by molar-refractivity contribution is 1.79. The van der Waals surface area contributed by atoms with E-state index >= 15 is 0 Å². The van der Waals surface area contributed by atoms with Crippen LogP contribution >= 0.6 is 27.3 Å². The summed E-state index contributed by atoms with van der Waals surface area (Å²) in [5, 5.41) is 2.08. The Morgan fingerprint density at radius 3 is 2.91 bits per heavy atom. The van der Waals surface area contributed by atoms with E-state index in [1.54, 1.807) is 11.3 Å². The van der Waals surface area contributed by atoms with Crippen LogP contribution in [-0.4, -0.2) is 0 Å². The SMILES string of the molecule is Nc1cc2cccc(Br)c2s1. The third-order valence-corrected chi connectivity index (χ3v) is 3.45. The van der Waals surface area contributed by atoms with E-state index in [1.807, 2.05) is 18.2 Å². The summed E-state index contributed by atoms with van der Waals surface area (Å²) in [5.74, 6) is 0. The van der Waals surface area contributed by atoms with E-state index in [-0.39, 0.29) is 0 Å². The molecule has 0 fully saturated rings. The number of rotatable bonds is 0. The summed E-state index contributed by atoms with van der Waals surface area (Å²) in [6, 6.07) is 8.09. The van der Waals surface area contributed by atoms with Crippen molar-refractivity contribution in [1.29, 1.82) is 0 Å². The summed E-state index contributed by atoms with van der Waals surface area (Å²) in [7, 11) is 0. The van der Waals surface area contributed by atoms with Gasteiger partial charge in [-0.05, 0) is 33.4 Å². The zero-order valence-corrected chi connectivity index (χ0v) is 8.08. The summed E-state index contributed by atoms with van der Waals surface area (Å²) < 4.78 is 2.35. The average Bonchev–Trinajstić information content (AvgIpc) is 2.31. The molecule has 0 spiro atoms. The van der Waals surface area contributed by atoms with Crippen molar-refractivity contribution in [1.82, 2.24) is 0 Å². The second-order valence-corrected chi connectivity index (χ2v) is 4.25. The van der Waals surface area contributed by atoms with Gasteiger partial charge in [-0.1, -0.05) is 12.1 Å². The number of thiophene rings is 1. The molecule has 0 aliphatic heterocycles. The molecule has 0 saturated heterocycles. The van der Waals surface area contributed by atoms with Crippen molar-refractivity contribution < 1.29 is 0 Å². The van der Waals surface area contributed by atoms with Gasteiger partial charge in [0.05, 0.1) is 9.70 Å². The van der Waals surface area contributed by atoms with Gasteiger partial charge in [0.1, 0.15) is 0 Å². The normalized spacial score (nSPS) is 10.6. The van der Waals surface area contributed by atoms with Gasteiger partial charge in [0.2, 0.25) is 0 Å². The fraction of sp³-hybridized carbons (Fsp3) is 0. The van der Waals surface area contributed by atoms with Crippen molar-refractivity contribution >= 4 is 42.4 Å². The maximum absolute atomic E-state index is 5.66. The van der Waals surface area contributed by atoms with Crippen LogP contribution in [-0.2, 0) is 0 Å². The van der Waals surface area contributed by atoms with Gasteiger partial charge >= 0.3 is 0 Å². The van der Waals surface area contributed by atoms with Gasteiger partial charge in [-0.25, -0.2) is 0 Å². The van der Waals surface area contributed by atoms with Crippen LogP contribution in [0.1, 0.15) is 0 Å². The predicted octanol–water partition coefficient (Wildman–Crippen LogP) is 3.25. The molecule has 0 aliphatic rings. The van der Waals surface area contributed by atoms with Crippen LogP contribution in [0, 0.1) is 0 Å². The Balaban J connectivity index is 2.90. The number of halogens is 1. The minimum absolute atomic E-state index is 0.868. The minimum atomic E-state index is 0.868. The van der Waals surface area contributed by atoms with Crippen LogP contribution < -0.4 is 5.73 Å². The van der Waals surface area contributed by atoms with Crippen LogP contribution in [0.3, 0.4) is 0 Å². The molecule has 1 heterocycles. The van der Waals surface area contributed by atoms with Crippen LogP contribution in [0.5, 0.6) is 0 Å². The number of nitrogen functional groups attached to an aromatic ring is 1. The van der Waals surface area contributed by atoms with Gasteiger partial charge in [0.15, 0.2) is 0 Å². The smallest absolute Gasteiger partial charge is 0.0869 e. The summed E-state index contributed by atoms with van der Waals surface area (Å²) in [6.45, 7) is 0. The Morgan fingerprint density at radius 1 is 1.36 bits per heavy atom. The fourth-order valence-corrected chi connectivity index (χ4v) is 2.50. The lowest BCUT2D eigenvalue weighted by Crippen LogP contribution is -1.72. The molecule has 0 bridgehead atoms. The quantitative estimate of drug-likeness (QED) is 0.735. The number of benzene rings is 1. The average molecular weight is 228 g/mol. The molecule has 2 rings (SSSR count). The number of hydrogen-bond acceptors (Lipinski definition) is 2. The zero-order chi connectivity index (χ0) is 7.84. The molecule has 3 heteroatoms. The van der Waals surface area contributed by atoms with Crippen LogP contribution in [0.15, 0.2) is 28.7 Å². The van der Waals surface area contributed by atoms with Crippen molar-refractivity contribution in [3.8, 4) is 0 Å². The highest BCUT2D eigenvalue weighted by atomic mass is 79.9. The number of hydrogen-bond donors (Lipinski definition) is 1. The molecule has 2 N–H and O–H groups in total. The van der Waals surface area contributed by atoms with E-state index in [1.165, 1.54) is 10.1 Å². The highest BCUT2D eigenvalue weighted by Crippen LogP contribution is 2.32. The van der Waals surface area contributed by atoms with Crippen LogP contribution in [0.25, 0.3) is 10.1 Å². The van der Waals surface area contributed by atoms with Crippen molar-refractivity contribution in [3.63, 3.8) is 0 Å². The molecule has 0 atom stereocenters. The highest BCUT2D eigenvalue weighted by molar-refractivity contribution is 9.10. The fourth-order valence-electron chi connectivity index (χ4n) is 1.05. The Bertz CT molecular complexity index is 394. The Morgan fingerprint density at radius 2 is 2.18 bits per heavy atom. The second-order valence-electron chi connectivity index (χ2n) is 2.31. The summed E-state index contributed by atoms with van der Waals surface area (Å²) in [4.78, 5) is 0. The standard InChI is InChI=1S/C8H6BrNS/c9-6-3-1-2-5-4-7(10)11-8(5)6/h1-4H,10H2. The van der Waals surface area contributed by atoms with Crippen LogP contribution in [0.2, 0.25) is 0 Å². The third kappa shape index (κ3) is 1.14. The van der Waals surface area contributed by atoms with E-state index in [0.29, 0.717) is 0 Å². The molecule has 0 amide bonds. The maximum atomic E-state index is 5.66. The molecule has 11 heavy (non-hydrogen) atoms. The maximum Gasteiger partial charge on any atom is 0.0869 e. The molecule has 1 nitrogen and oxygen atoms in total. The molecule has 0 radical (unpaired) electrons. The number of nitrogens with two attached hydrogens (primary N) is 1. The minimum Gasteiger partial charge on any atom is -0.391 e. The first-order chi connectivity index (χ1) is 5.27. The predicted molar refractivity (Wildman–Crippen MR) is 53.9 cm³/mol. The molecular weight excluding hydrogens is 222 g/mol. The number of anilines is 1. The lowest BCUT2D eigenvalue weighted by Gasteiger charge is -1.89. The monoisotopic (exact) mass is 227 g/mol. The van der Waals surface area contributed by atoms with Crippen molar-refractivity contribution in [3.05, 3.63) is 28.7 Å². The zero-order valence-electron chi connectivity index (χ0n) is 5.67. The van der Waals surface area contributed by atoms with Gasteiger partial charge in [0.25, 0.3) is 0 Å². The van der Waals surface area contributed by atoms with E-state index in [0.717, 1.165) is 9.47 Å². The second kappa shape index (κ2) is 2.50. The van der Waals surface area contributed by atoms with Gasteiger partial charge in [0, 0.05) is 4.47 Å². The first-order valence-corrected chi connectivity index (χ1v) is 4.82. The lowest BCUT2D eigenvalue weighted by atomic mass is 10.3. The summed E-state index contributed by atoms with van der Waals surface area (Å²) in [6.07, 6.45) is 0. The van der Waals surface area contributed by atoms with Crippen LogP contribution in [0.4, 0.5) is 5.00 Å². The van der Waals surface area contributed by atoms with E-state index in [2.05, 4.69) is 22.0 Å². The van der Waals surface area contributed by atoms with E-state index < -0.39 is 0 Å². The van der Waals surface area contributed by atoms with Gasteiger partial charge in [-0.3, -0.25) is 0 Å². The summed E-state index contributed by atoms with van der Waals surface area (Å²) >= 11 is 5.07. The van der Waals surface area contributed by atoms with E-state index in [4.69, 9.17) is 5.73 Å². The largest absolute Gasteiger partial charge is 0.391 e. The van der Waals surface area contributed by atoms with Crippen molar-refractivity contribution in [2.24, 2.45) is 0 Å². The molecule has 1 aromatic heterocycles. The van der Waals surface area contributed by atoms with Crippen molar-refractivity contribution in [2.45, 2.75) is 0 Å². The third-order valence-electron chi connectivity index (χ3n) is 1.52. The van der Waals surface area contributed by atoms with Gasteiger partial charge < -0.3 is 5.73 Å². The topological polar surface area (TPSA) is 26.0 Å². The van der Waals surface area contributed by atoms with E-state index in [9.17, 15) is 0 Å². The van der Waals surface area contributed by atoms with Crippen molar-refractivity contribution in [2.75, 3.05) is 5.73 Å². The molecule has 56 valence electrons. The Kier molecular flexibility index (Phi) is 1.62. The molecule has 0 aliphatic carbocycles. The first-order valence-electron chi connectivity index (χ1n) is 3.21. The van der Waals surface area contributed by atoms with Gasteiger partial charge in [-0.15, -0.1) is 11.3 Å². The Labute approximate surface area is 77.0 Å². The molecule has 2 aromatic rings. The summed E-state index contributed by atoms with van der Waals surface area (Å²) in [5.41, 5.74) is 5.66. The van der Waals surface area contributed by atoms with Gasteiger partial charge in [-0.2, -0.15) is 0 Å². The highest BCUT2D eigenvalue weighted by Gasteiger charge is 2.00. The first kappa shape index (κ1) is 7.13. The molecular formula is C8H6BrNS. The number of fused-ring (bicyclic) bond motifs is 1. The molecule has 0 saturated carbocycles. The molecule has 1 aromatic carbocycles. The Hall–Kier alpha value is -0.540.